The molecule has 3 atom stereocenters. The van der Waals surface area contributed by atoms with Crippen molar-refractivity contribution in [3.63, 3.8) is 0 Å². The molecule has 1 saturated carbocycles. The van der Waals surface area contributed by atoms with E-state index in [0.29, 0.717) is 25.8 Å². The molecule has 0 aliphatic heterocycles. The van der Waals surface area contributed by atoms with E-state index in [1.54, 1.807) is 6.92 Å². The minimum atomic E-state index is -4.30. The van der Waals surface area contributed by atoms with Crippen molar-refractivity contribution < 1.29 is 22.7 Å². The fourth-order valence-electron chi connectivity index (χ4n) is 2.36. The van der Waals surface area contributed by atoms with E-state index >= 15 is 0 Å². The first kappa shape index (κ1) is 17.2. The van der Waals surface area contributed by atoms with Crippen molar-refractivity contribution in [2.24, 2.45) is 11.7 Å². The number of alkyl halides is 3. The molecule has 0 aromatic carbocycles. The van der Waals surface area contributed by atoms with Gasteiger partial charge in [-0.1, -0.05) is 6.92 Å². The van der Waals surface area contributed by atoms with Crippen LogP contribution in [0.25, 0.3) is 0 Å². The lowest BCUT2D eigenvalue weighted by molar-refractivity contribution is -0.188. The van der Waals surface area contributed by atoms with Crippen LogP contribution in [0.5, 0.6) is 0 Å². The van der Waals surface area contributed by atoms with Crippen molar-refractivity contribution in [3.05, 3.63) is 0 Å². The molecule has 0 aromatic rings. The number of halogens is 3. The van der Waals surface area contributed by atoms with Crippen LogP contribution < -0.4 is 11.1 Å². The summed E-state index contributed by atoms with van der Waals surface area (Å²) in [7, 11) is 0. The maximum atomic E-state index is 12.1. The Kier molecular flexibility index (Phi) is 6.75. The van der Waals surface area contributed by atoms with E-state index in [9.17, 15) is 18.0 Å². The van der Waals surface area contributed by atoms with Crippen LogP contribution in [-0.4, -0.2) is 37.4 Å². The predicted molar refractivity (Wildman–Crippen MR) is 69.0 cm³/mol. The van der Waals surface area contributed by atoms with Gasteiger partial charge in [0.05, 0.1) is 6.10 Å². The highest BCUT2D eigenvalue weighted by atomic mass is 19.4. The summed E-state index contributed by atoms with van der Waals surface area (Å²) in [6.45, 7) is 1.02. The van der Waals surface area contributed by atoms with Crippen LogP contribution in [-0.2, 0) is 9.53 Å². The average molecular weight is 296 g/mol. The third-order valence-electron chi connectivity index (χ3n) is 3.50. The smallest absolute Gasteiger partial charge is 0.369 e. The summed E-state index contributed by atoms with van der Waals surface area (Å²) in [6, 6.07) is -0.102. The Morgan fingerprint density at radius 2 is 2.15 bits per heavy atom. The van der Waals surface area contributed by atoms with E-state index < -0.39 is 18.9 Å². The van der Waals surface area contributed by atoms with Gasteiger partial charge in [-0.05, 0) is 38.6 Å². The highest BCUT2D eigenvalue weighted by molar-refractivity contribution is 5.78. The summed E-state index contributed by atoms with van der Waals surface area (Å²) in [5.74, 6) is -0.256. The molecule has 1 aliphatic rings. The standard InChI is InChI=1S/C13H23F3N2O2/c1-9(5-6-17)12(19)18-10-3-2-4-11(7-10)20-8-13(14,15)16/h9-11H,2-8,17H2,1H3,(H,18,19). The molecule has 3 N–H and O–H groups in total. The summed E-state index contributed by atoms with van der Waals surface area (Å²) in [6.07, 6.45) is -1.53. The predicted octanol–water partition coefficient (Wildman–Crippen LogP) is 1.98. The second-order valence-electron chi connectivity index (χ2n) is 5.40. The van der Waals surface area contributed by atoms with Crippen LogP contribution in [0.3, 0.4) is 0 Å². The molecular weight excluding hydrogens is 273 g/mol. The monoisotopic (exact) mass is 296 g/mol. The lowest BCUT2D eigenvalue weighted by Crippen LogP contribution is -2.43. The molecule has 20 heavy (non-hydrogen) atoms. The minimum absolute atomic E-state index is 0.0862. The van der Waals surface area contributed by atoms with Gasteiger partial charge in [-0.15, -0.1) is 0 Å². The second kappa shape index (κ2) is 7.83. The Morgan fingerprint density at radius 3 is 2.75 bits per heavy atom. The highest BCUT2D eigenvalue weighted by Crippen LogP contribution is 2.24. The molecule has 1 amide bonds. The zero-order valence-electron chi connectivity index (χ0n) is 11.7. The molecule has 0 bridgehead atoms. The van der Waals surface area contributed by atoms with Crippen LogP contribution in [0.4, 0.5) is 13.2 Å². The maximum absolute atomic E-state index is 12.1. The van der Waals surface area contributed by atoms with Crippen LogP contribution in [0.1, 0.15) is 39.0 Å². The molecule has 0 aromatic heterocycles. The summed E-state index contributed by atoms with van der Waals surface area (Å²) < 4.78 is 41.2. The summed E-state index contributed by atoms with van der Waals surface area (Å²) in [4.78, 5) is 11.8. The highest BCUT2D eigenvalue weighted by Gasteiger charge is 2.31. The van der Waals surface area contributed by atoms with Crippen LogP contribution in [0.2, 0.25) is 0 Å². The quantitative estimate of drug-likeness (QED) is 0.787. The number of rotatable bonds is 6. The van der Waals surface area contributed by atoms with Gasteiger partial charge in [0.2, 0.25) is 5.91 Å². The van der Waals surface area contributed by atoms with E-state index in [4.69, 9.17) is 10.5 Å². The molecule has 1 fully saturated rings. The molecule has 1 aliphatic carbocycles. The zero-order valence-corrected chi connectivity index (χ0v) is 11.7. The Hall–Kier alpha value is -0.820. The van der Waals surface area contributed by atoms with Crippen molar-refractivity contribution in [2.75, 3.05) is 13.2 Å². The van der Waals surface area contributed by atoms with Gasteiger partial charge in [0, 0.05) is 12.0 Å². The number of ether oxygens (including phenoxy) is 1. The first-order valence-corrected chi connectivity index (χ1v) is 7.00. The van der Waals surface area contributed by atoms with E-state index in [2.05, 4.69) is 5.32 Å². The SMILES string of the molecule is CC(CCN)C(=O)NC1CCCC(OCC(F)(F)F)C1. The molecule has 7 heteroatoms. The Balaban J connectivity index is 2.35. The van der Waals surface area contributed by atoms with E-state index in [0.717, 1.165) is 12.8 Å². The van der Waals surface area contributed by atoms with Crippen molar-refractivity contribution in [3.8, 4) is 0 Å². The first-order chi connectivity index (χ1) is 9.31. The number of hydrogen-bond donors (Lipinski definition) is 2. The number of carbonyl (C=O) groups is 1. The van der Waals surface area contributed by atoms with E-state index in [1.807, 2.05) is 0 Å². The number of nitrogens with two attached hydrogens (primary N) is 1. The normalized spacial score (nSPS) is 25.2. The third kappa shape index (κ3) is 6.56. The summed E-state index contributed by atoms with van der Waals surface area (Å²) in [5, 5.41) is 2.87. The lowest BCUT2D eigenvalue weighted by Gasteiger charge is -2.30. The summed E-state index contributed by atoms with van der Waals surface area (Å²) >= 11 is 0. The first-order valence-electron chi connectivity index (χ1n) is 7.00. The average Bonchev–Trinajstić information content (AvgIpc) is 2.36. The van der Waals surface area contributed by atoms with Crippen LogP contribution in [0, 0.1) is 5.92 Å². The van der Waals surface area contributed by atoms with Crippen LogP contribution in [0.15, 0.2) is 0 Å². The van der Waals surface area contributed by atoms with Gasteiger partial charge in [-0.25, -0.2) is 0 Å². The number of amides is 1. The van der Waals surface area contributed by atoms with Gasteiger partial charge in [0.25, 0.3) is 0 Å². The topological polar surface area (TPSA) is 64.4 Å². The molecule has 0 spiro atoms. The van der Waals surface area contributed by atoms with E-state index in [-0.39, 0.29) is 17.9 Å². The molecular formula is C13H23F3N2O2. The number of carbonyl (C=O) groups excluding carboxylic acids is 1. The molecule has 0 saturated heterocycles. The van der Waals surface area contributed by atoms with E-state index in [1.165, 1.54) is 0 Å². The largest absolute Gasteiger partial charge is 0.411 e. The Morgan fingerprint density at radius 1 is 1.45 bits per heavy atom. The molecule has 3 unspecified atom stereocenters. The van der Waals surface area contributed by atoms with Gasteiger partial charge in [-0.3, -0.25) is 4.79 Å². The lowest BCUT2D eigenvalue weighted by atomic mass is 9.92. The van der Waals surface area contributed by atoms with Gasteiger partial charge in [0.1, 0.15) is 6.61 Å². The maximum Gasteiger partial charge on any atom is 0.411 e. The van der Waals surface area contributed by atoms with Gasteiger partial charge < -0.3 is 15.8 Å². The molecule has 0 heterocycles. The number of nitrogens with one attached hydrogen (secondary N) is 1. The molecule has 1 rings (SSSR count). The summed E-state index contributed by atoms with van der Waals surface area (Å²) in [5.41, 5.74) is 5.40. The van der Waals surface area contributed by atoms with Crippen molar-refractivity contribution in [1.29, 1.82) is 0 Å². The Bertz CT molecular complexity index is 310. The van der Waals surface area contributed by atoms with Crippen molar-refractivity contribution in [1.82, 2.24) is 5.32 Å². The molecule has 118 valence electrons. The van der Waals surface area contributed by atoms with Crippen LogP contribution >= 0.6 is 0 Å². The second-order valence-corrected chi connectivity index (χ2v) is 5.40. The Labute approximate surface area is 117 Å². The fourth-order valence-corrected chi connectivity index (χ4v) is 2.36. The van der Waals surface area contributed by atoms with Gasteiger partial charge in [-0.2, -0.15) is 13.2 Å². The zero-order chi connectivity index (χ0) is 15.2. The van der Waals surface area contributed by atoms with Crippen molar-refractivity contribution in [2.45, 2.75) is 57.3 Å². The van der Waals surface area contributed by atoms with Crippen molar-refractivity contribution >= 4 is 5.91 Å². The molecule has 0 radical (unpaired) electrons. The third-order valence-corrected chi connectivity index (χ3v) is 3.50. The molecule has 4 nitrogen and oxygen atoms in total. The number of hydrogen-bond acceptors (Lipinski definition) is 3. The van der Waals surface area contributed by atoms with Gasteiger partial charge in [0.15, 0.2) is 0 Å². The minimum Gasteiger partial charge on any atom is -0.369 e. The van der Waals surface area contributed by atoms with Gasteiger partial charge >= 0.3 is 6.18 Å². The fraction of sp³-hybridized carbons (Fsp3) is 0.923.